The van der Waals surface area contributed by atoms with E-state index in [-0.39, 0.29) is 22.6 Å². The van der Waals surface area contributed by atoms with Crippen LogP contribution in [0.2, 0.25) is 0 Å². The fraction of sp³-hybridized carbons (Fsp3) is 0.348. The standard InChI is InChI=1S/C23H24N4O4/c1-13-19(20-21(31-13)25-12-26(2)22(20)28)23(29)27-8-6-14(7-9-27)17-11-24-18-5-4-15(30-3)10-16(17)18/h4-5,10-12,14,24H,6-9H2,1-3H3. The van der Waals surface area contributed by atoms with Crippen LogP contribution < -0.4 is 10.3 Å². The van der Waals surface area contributed by atoms with Gasteiger partial charge in [-0.05, 0) is 49.4 Å². The second-order valence-electron chi connectivity index (χ2n) is 8.10. The summed E-state index contributed by atoms with van der Waals surface area (Å²) >= 11 is 0. The number of fused-ring (bicyclic) bond motifs is 2. The number of likely N-dealkylation sites (tertiary alicyclic amines) is 1. The summed E-state index contributed by atoms with van der Waals surface area (Å²) in [5, 5.41) is 1.42. The Bertz CT molecular complexity index is 1360. The first kappa shape index (κ1) is 19.4. The Labute approximate surface area is 178 Å². The number of H-pyrrole nitrogens is 1. The molecule has 1 fully saturated rings. The summed E-state index contributed by atoms with van der Waals surface area (Å²) in [6, 6.07) is 6.03. The van der Waals surface area contributed by atoms with E-state index < -0.39 is 0 Å². The van der Waals surface area contributed by atoms with Crippen molar-refractivity contribution in [3.8, 4) is 5.75 Å². The van der Waals surface area contributed by atoms with Gasteiger partial charge in [-0.1, -0.05) is 0 Å². The molecule has 0 spiro atoms. The van der Waals surface area contributed by atoms with Crippen LogP contribution >= 0.6 is 0 Å². The van der Waals surface area contributed by atoms with Gasteiger partial charge in [0, 0.05) is 37.2 Å². The summed E-state index contributed by atoms with van der Waals surface area (Å²) < 4.78 is 12.4. The average Bonchev–Trinajstić information content (AvgIpc) is 3.36. The third-order valence-electron chi connectivity index (χ3n) is 6.30. The molecule has 3 aromatic heterocycles. The maximum absolute atomic E-state index is 13.3. The van der Waals surface area contributed by atoms with E-state index in [0.717, 1.165) is 29.5 Å². The molecule has 4 aromatic rings. The molecule has 0 aliphatic carbocycles. The lowest BCUT2D eigenvalue weighted by Gasteiger charge is -2.32. The van der Waals surface area contributed by atoms with E-state index in [1.165, 1.54) is 16.5 Å². The van der Waals surface area contributed by atoms with E-state index in [9.17, 15) is 9.59 Å². The minimum Gasteiger partial charge on any atom is -0.497 e. The SMILES string of the molecule is COc1ccc2[nH]cc(C3CCN(C(=O)c4c(C)oc5ncn(C)c(=O)c45)CC3)c2c1. The molecule has 1 saturated heterocycles. The molecule has 0 unspecified atom stereocenters. The van der Waals surface area contributed by atoms with Crippen molar-refractivity contribution in [2.24, 2.45) is 7.05 Å². The number of carbonyl (C=O) groups excluding carboxylic acids is 1. The minimum atomic E-state index is -0.271. The second-order valence-corrected chi connectivity index (χ2v) is 8.10. The molecule has 1 amide bonds. The molecule has 1 aliphatic rings. The lowest BCUT2D eigenvalue weighted by molar-refractivity contribution is 0.0713. The van der Waals surface area contributed by atoms with Gasteiger partial charge in [0.15, 0.2) is 0 Å². The molecule has 0 bridgehead atoms. The van der Waals surface area contributed by atoms with Crippen LogP contribution in [-0.4, -0.2) is 45.5 Å². The van der Waals surface area contributed by atoms with Crippen LogP contribution in [0.3, 0.4) is 0 Å². The quantitative estimate of drug-likeness (QED) is 0.549. The molecule has 4 heterocycles. The molecule has 8 heteroatoms. The Morgan fingerprint density at radius 1 is 1.29 bits per heavy atom. The molecule has 160 valence electrons. The van der Waals surface area contributed by atoms with Crippen LogP contribution in [0, 0.1) is 6.92 Å². The first-order chi connectivity index (χ1) is 15.0. The molecular weight excluding hydrogens is 396 g/mol. The summed E-state index contributed by atoms with van der Waals surface area (Å²) in [5.41, 5.74) is 2.61. The number of nitrogens with one attached hydrogen (secondary N) is 1. The number of hydrogen-bond acceptors (Lipinski definition) is 5. The predicted molar refractivity (Wildman–Crippen MR) is 117 cm³/mol. The lowest BCUT2D eigenvalue weighted by Crippen LogP contribution is -2.38. The first-order valence-electron chi connectivity index (χ1n) is 10.4. The smallest absolute Gasteiger partial charge is 0.265 e. The van der Waals surface area contributed by atoms with E-state index in [0.29, 0.717) is 30.3 Å². The maximum Gasteiger partial charge on any atom is 0.265 e. The molecule has 0 saturated carbocycles. The third kappa shape index (κ3) is 3.10. The highest BCUT2D eigenvalue weighted by atomic mass is 16.5. The summed E-state index contributed by atoms with van der Waals surface area (Å²) in [6.07, 6.45) is 5.17. The number of amides is 1. The van der Waals surface area contributed by atoms with E-state index in [1.54, 1.807) is 21.1 Å². The normalized spacial score (nSPS) is 15.1. The van der Waals surface area contributed by atoms with Crippen molar-refractivity contribution in [1.82, 2.24) is 19.4 Å². The highest BCUT2D eigenvalue weighted by Gasteiger charge is 2.30. The van der Waals surface area contributed by atoms with Gasteiger partial charge in [-0.2, -0.15) is 0 Å². The number of aromatic amines is 1. The number of methoxy groups -OCH3 is 1. The van der Waals surface area contributed by atoms with E-state index >= 15 is 0 Å². The minimum absolute atomic E-state index is 0.166. The highest BCUT2D eigenvalue weighted by Crippen LogP contribution is 2.35. The first-order valence-corrected chi connectivity index (χ1v) is 10.4. The van der Waals surface area contributed by atoms with Crippen molar-refractivity contribution in [3.63, 3.8) is 0 Å². The Morgan fingerprint density at radius 3 is 2.81 bits per heavy atom. The van der Waals surface area contributed by atoms with E-state index in [4.69, 9.17) is 9.15 Å². The number of rotatable bonds is 3. The van der Waals surface area contributed by atoms with Crippen molar-refractivity contribution in [2.45, 2.75) is 25.7 Å². The lowest BCUT2D eigenvalue weighted by atomic mass is 9.89. The summed E-state index contributed by atoms with van der Waals surface area (Å²) in [6.45, 7) is 2.94. The number of ether oxygens (including phenoxy) is 1. The van der Waals surface area contributed by atoms with Gasteiger partial charge in [-0.15, -0.1) is 0 Å². The zero-order valence-corrected chi connectivity index (χ0v) is 17.8. The van der Waals surface area contributed by atoms with Gasteiger partial charge in [0.05, 0.1) is 12.7 Å². The predicted octanol–water partition coefficient (Wildman–Crippen LogP) is 3.34. The van der Waals surface area contributed by atoms with Crippen molar-refractivity contribution in [3.05, 3.63) is 58.0 Å². The summed E-state index contributed by atoms with van der Waals surface area (Å²) in [4.78, 5) is 35.2. The Morgan fingerprint density at radius 2 is 2.06 bits per heavy atom. The van der Waals surface area contributed by atoms with Gasteiger partial charge in [-0.3, -0.25) is 9.59 Å². The molecule has 31 heavy (non-hydrogen) atoms. The van der Waals surface area contributed by atoms with Gasteiger partial charge in [-0.25, -0.2) is 4.98 Å². The topological polar surface area (TPSA) is 93.4 Å². The fourth-order valence-electron chi connectivity index (χ4n) is 4.58. The fourth-order valence-corrected chi connectivity index (χ4v) is 4.58. The van der Waals surface area contributed by atoms with Crippen LogP contribution in [0.15, 0.2) is 39.9 Å². The zero-order valence-electron chi connectivity index (χ0n) is 17.8. The van der Waals surface area contributed by atoms with Crippen LogP contribution in [-0.2, 0) is 7.05 Å². The van der Waals surface area contributed by atoms with E-state index in [2.05, 4.69) is 22.2 Å². The van der Waals surface area contributed by atoms with Crippen molar-refractivity contribution < 1.29 is 13.9 Å². The molecule has 0 atom stereocenters. The Balaban J connectivity index is 1.40. The van der Waals surface area contributed by atoms with Crippen LogP contribution in [0.4, 0.5) is 0 Å². The second kappa shape index (κ2) is 7.30. The Kier molecular flexibility index (Phi) is 4.57. The number of piperidine rings is 1. The third-order valence-corrected chi connectivity index (χ3v) is 6.30. The van der Waals surface area contributed by atoms with Gasteiger partial charge in [0.2, 0.25) is 5.71 Å². The number of hydrogen-bond donors (Lipinski definition) is 1. The molecule has 0 radical (unpaired) electrons. The maximum atomic E-state index is 13.3. The largest absolute Gasteiger partial charge is 0.497 e. The van der Waals surface area contributed by atoms with Gasteiger partial charge in [0.25, 0.3) is 11.5 Å². The Hall–Kier alpha value is -3.55. The number of benzene rings is 1. The molecule has 1 aromatic carbocycles. The van der Waals surface area contributed by atoms with Gasteiger partial charge < -0.3 is 23.6 Å². The summed E-state index contributed by atoms with van der Waals surface area (Å²) in [7, 11) is 3.29. The zero-order chi connectivity index (χ0) is 21.7. The molecule has 8 nitrogen and oxygen atoms in total. The molecule has 1 aliphatic heterocycles. The van der Waals surface area contributed by atoms with Crippen molar-refractivity contribution in [2.75, 3.05) is 20.2 Å². The van der Waals surface area contributed by atoms with Crippen molar-refractivity contribution in [1.29, 1.82) is 0 Å². The monoisotopic (exact) mass is 420 g/mol. The molecular formula is C23H24N4O4. The number of aromatic nitrogens is 3. The highest BCUT2D eigenvalue weighted by molar-refractivity contribution is 6.06. The van der Waals surface area contributed by atoms with Crippen molar-refractivity contribution >= 4 is 27.9 Å². The molecule has 5 rings (SSSR count). The van der Waals surface area contributed by atoms with Crippen LogP contribution in [0.1, 0.15) is 40.4 Å². The van der Waals surface area contributed by atoms with E-state index in [1.807, 2.05) is 17.0 Å². The summed E-state index contributed by atoms with van der Waals surface area (Å²) in [5.74, 6) is 1.45. The van der Waals surface area contributed by atoms with Gasteiger partial charge in [0.1, 0.15) is 23.2 Å². The van der Waals surface area contributed by atoms with Crippen LogP contribution in [0.5, 0.6) is 5.75 Å². The van der Waals surface area contributed by atoms with Gasteiger partial charge >= 0.3 is 0 Å². The number of carbonyl (C=O) groups is 1. The number of furan rings is 1. The molecule has 1 N–H and O–H groups in total. The number of nitrogens with zero attached hydrogens (tertiary/aromatic N) is 3. The number of aryl methyl sites for hydroxylation is 2. The van der Waals surface area contributed by atoms with Crippen LogP contribution in [0.25, 0.3) is 22.0 Å². The average molecular weight is 420 g/mol.